The molecule has 0 aromatic heterocycles. The Kier molecular flexibility index (Phi) is 2.85. The van der Waals surface area contributed by atoms with E-state index in [9.17, 15) is 18.0 Å². The Morgan fingerprint density at radius 1 is 1.47 bits per heavy atom. The molecular weight excluding hydrogens is 211 g/mol. The predicted molar refractivity (Wildman–Crippen MR) is 47.2 cm³/mol. The van der Waals surface area contributed by atoms with Gasteiger partial charge in [0.25, 0.3) is 5.91 Å². The monoisotopic (exact) mass is 221 g/mol. The molecule has 1 amide bonds. The van der Waals surface area contributed by atoms with E-state index in [-0.39, 0.29) is 24.1 Å². The number of nitrogens with two attached hydrogens (primary N) is 2. The predicted octanol–water partition coefficient (Wildman–Crippen LogP) is 0.471. The van der Waals surface area contributed by atoms with Crippen molar-refractivity contribution in [2.45, 2.75) is 25.1 Å². The van der Waals surface area contributed by atoms with Crippen molar-refractivity contribution in [3.05, 3.63) is 11.1 Å². The van der Waals surface area contributed by atoms with E-state index in [1.165, 1.54) is 0 Å². The van der Waals surface area contributed by atoms with Crippen molar-refractivity contribution < 1.29 is 18.0 Å². The van der Waals surface area contributed by atoms with E-state index < -0.39 is 23.7 Å². The molecule has 4 nitrogen and oxygen atoms in total. The van der Waals surface area contributed by atoms with Crippen molar-refractivity contribution in [3.63, 3.8) is 0 Å². The fraction of sp³-hybridized carbons (Fsp3) is 0.500. The summed E-state index contributed by atoms with van der Waals surface area (Å²) in [4.78, 5) is 10.7. The second-order valence-corrected chi connectivity index (χ2v) is 3.27. The third-order valence-electron chi connectivity index (χ3n) is 2.23. The lowest BCUT2D eigenvalue weighted by atomic mass is 10.0. The van der Waals surface area contributed by atoms with Crippen molar-refractivity contribution in [2.24, 2.45) is 11.5 Å². The van der Waals surface area contributed by atoms with Gasteiger partial charge in [0.2, 0.25) is 0 Å². The summed E-state index contributed by atoms with van der Waals surface area (Å²) in [6.45, 7) is 0. The molecule has 0 aliphatic heterocycles. The summed E-state index contributed by atoms with van der Waals surface area (Å²) in [5, 5.41) is 7.32. The quantitative estimate of drug-likeness (QED) is 0.561. The van der Waals surface area contributed by atoms with E-state index in [0.29, 0.717) is 0 Å². The number of alkyl halides is 3. The lowest BCUT2D eigenvalue weighted by molar-refractivity contribution is -0.128. The second-order valence-electron chi connectivity index (χ2n) is 3.27. The Balaban J connectivity index is 3.25. The zero-order valence-corrected chi connectivity index (χ0v) is 7.69. The van der Waals surface area contributed by atoms with Crippen molar-refractivity contribution in [1.82, 2.24) is 0 Å². The van der Waals surface area contributed by atoms with Gasteiger partial charge < -0.3 is 16.9 Å². The van der Waals surface area contributed by atoms with Crippen LogP contribution in [0.4, 0.5) is 13.2 Å². The molecule has 1 aliphatic rings. The van der Waals surface area contributed by atoms with Crippen molar-refractivity contribution >= 4 is 11.6 Å². The van der Waals surface area contributed by atoms with Crippen LogP contribution in [-0.4, -0.2) is 23.8 Å². The number of carbonyl (C=O) groups excluding carboxylic acids is 1. The third kappa shape index (κ3) is 2.17. The lowest BCUT2D eigenvalue weighted by Gasteiger charge is -2.12. The van der Waals surface area contributed by atoms with Gasteiger partial charge in [0.05, 0.1) is 5.71 Å². The molecule has 0 radical (unpaired) electrons. The minimum Gasteiger partial charge on any atom is -0.366 e. The number of rotatable bonds is 1. The molecule has 5 N–H and O–H groups in total. The molecule has 1 fully saturated rings. The Labute approximate surface area is 83.6 Å². The van der Waals surface area contributed by atoms with E-state index in [1.54, 1.807) is 0 Å². The molecule has 1 rings (SSSR count). The van der Waals surface area contributed by atoms with Crippen LogP contribution in [0, 0.1) is 5.41 Å². The fourth-order valence-corrected chi connectivity index (χ4v) is 1.52. The van der Waals surface area contributed by atoms with Crippen molar-refractivity contribution in [1.29, 1.82) is 5.41 Å². The Bertz CT molecular complexity index is 346. The Morgan fingerprint density at radius 2 is 2.00 bits per heavy atom. The Hall–Kier alpha value is -1.37. The molecule has 1 aliphatic carbocycles. The lowest BCUT2D eigenvalue weighted by Crippen LogP contribution is -2.31. The highest BCUT2D eigenvalue weighted by molar-refractivity contribution is 6.10. The van der Waals surface area contributed by atoms with E-state index in [4.69, 9.17) is 11.1 Å². The first-order valence-electron chi connectivity index (χ1n) is 4.19. The summed E-state index contributed by atoms with van der Waals surface area (Å²) in [5.74, 6) is -1.56. The highest BCUT2D eigenvalue weighted by Crippen LogP contribution is 2.33. The van der Waals surface area contributed by atoms with Crippen LogP contribution < -0.4 is 11.5 Å². The van der Waals surface area contributed by atoms with Crippen LogP contribution in [0.3, 0.4) is 0 Å². The van der Waals surface area contributed by atoms with E-state index in [1.807, 2.05) is 0 Å². The van der Waals surface area contributed by atoms with Crippen molar-refractivity contribution in [2.75, 3.05) is 0 Å². The summed E-state index contributed by atoms with van der Waals surface area (Å²) < 4.78 is 37.3. The van der Waals surface area contributed by atoms with Crippen LogP contribution in [-0.2, 0) is 4.79 Å². The maximum atomic E-state index is 12.4. The maximum absolute atomic E-state index is 12.4. The fourth-order valence-electron chi connectivity index (χ4n) is 1.52. The summed E-state index contributed by atoms with van der Waals surface area (Å²) in [5.41, 5.74) is 7.86. The molecule has 84 valence electrons. The normalized spacial score (nSPS) is 25.6. The van der Waals surface area contributed by atoms with E-state index in [0.717, 1.165) is 0 Å². The van der Waals surface area contributed by atoms with Crippen LogP contribution >= 0.6 is 0 Å². The number of amides is 1. The average molecular weight is 221 g/mol. The largest absolute Gasteiger partial charge is 0.422 e. The van der Waals surface area contributed by atoms with Gasteiger partial charge in [-0.25, -0.2) is 0 Å². The van der Waals surface area contributed by atoms with Gasteiger partial charge in [0, 0.05) is 6.04 Å². The van der Waals surface area contributed by atoms with Crippen LogP contribution in [0.15, 0.2) is 11.1 Å². The zero-order chi connectivity index (χ0) is 11.8. The zero-order valence-electron chi connectivity index (χ0n) is 7.69. The SMILES string of the molecule is N=C1/C(=C(\C(N)=O)C(F)(F)F)CCC1N. The molecule has 0 bridgehead atoms. The highest BCUT2D eigenvalue weighted by atomic mass is 19.4. The second kappa shape index (κ2) is 3.65. The van der Waals surface area contributed by atoms with Crippen LogP contribution in [0.2, 0.25) is 0 Å². The van der Waals surface area contributed by atoms with Gasteiger partial charge in [-0.3, -0.25) is 4.79 Å². The molecule has 15 heavy (non-hydrogen) atoms. The van der Waals surface area contributed by atoms with Gasteiger partial charge in [-0.05, 0) is 18.4 Å². The minimum absolute atomic E-state index is 0.0300. The molecule has 0 saturated heterocycles. The summed E-state index contributed by atoms with van der Waals surface area (Å²) >= 11 is 0. The topological polar surface area (TPSA) is 93.0 Å². The molecular formula is C8H10F3N3O. The standard InChI is InChI=1S/C8H10F3N3O/c9-8(10,11)5(7(14)15)3-1-2-4(12)6(3)13/h4,13H,1-2,12H2,(H2,14,15)/b5-3+,13-6?. The number of hydrogen-bond donors (Lipinski definition) is 3. The molecule has 0 spiro atoms. The summed E-state index contributed by atoms with van der Waals surface area (Å²) in [6.07, 6.45) is -4.61. The average Bonchev–Trinajstić information content (AvgIpc) is 2.33. The van der Waals surface area contributed by atoms with Gasteiger partial charge in [-0.1, -0.05) is 0 Å². The maximum Gasteiger partial charge on any atom is 0.422 e. The third-order valence-corrected chi connectivity index (χ3v) is 2.23. The molecule has 1 unspecified atom stereocenters. The van der Waals surface area contributed by atoms with Crippen LogP contribution in [0.1, 0.15) is 12.8 Å². The molecule has 7 heteroatoms. The van der Waals surface area contributed by atoms with Gasteiger partial charge in [-0.15, -0.1) is 0 Å². The summed E-state index contributed by atoms with van der Waals surface area (Å²) in [7, 11) is 0. The molecule has 0 aromatic carbocycles. The smallest absolute Gasteiger partial charge is 0.366 e. The minimum atomic E-state index is -4.82. The molecule has 0 heterocycles. The summed E-state index contributed by atoms with van der Waals surface area (Å²) in [6, 6.07) is -0.739. The number of hydrogen-bond acceptors (Lipinski definition) is 3. The number of carbonyl (C=O) groups is 1. The number of primary amides is 1. The molecule has 0 aromatic rings. The van der Waals surface area contributed by atoms with E-state index >= 15 is 0 Å². The Morgan fingerprint density at radius 3 is 2.27 bits per heavy atom. The molecule has 1 atom stereocenters. The first kappa shape index (κ1) is 11.7. The van der Waals surface area contributed by atoms with Crippen LogP contribution in [0.5, 0.6) is 0 Å². The van der Waals surface area contributed by atoms with Crippen molar-refractivity contribution in [3.8, 4) is 0 Å². The van der Waals surface area contributed by atoms with Gasteiger partial charge in [0.15, 0.2) is 0 Å². The highest BCUT2D eigenvalue weighted by Gasteiger charge is 2.42. The first-order valence-corrected chi connectivity index (χ1v) is 4.19. The first-order chi connectivity index (χ1) is 6.75. The number of halogens is 3. The van der Waals surface area contributed by atoms with E-state index in [2.05, 4.69) is 5.73 Å². The number of nitrogens with one attached hydrogen (secondary N) is 1. The van der Waals surface area contributed by atoms with Gasteiger partial charge in [0.1, 0.15) is 5.57 Å². The molecule has 1 saturated carbocycles. The van der Waals surface area contributed by atoms with Gasteiger partial charge in [-0.2, -0.15) is 13.2 Å². The van der Waals surface area contributed by atoms with Gasteiger partial charge >= 0.3 is 6.18 Å². The van der Waals surface area contributed by atoms with Crippen LogP contribution in [0.25, 0.3) is 0 Å².